The van der Waals surface area contributed by atoms with Crippen LogP contribution in [0, 0.1) is 0 Å². The highest BCUT2D eigenvalue weighted by Gasteiger charge is 2.28. The van der Waals surface area contributed by atoms with Crippen LogP contribution in [0.25, 0.3) is 10.6 Å². The molecule has 2 aromatic rings. The third kappa shape index (κ3) is 4.56. The molecule has 4 rings (SSSR count). The van der Waals surface area contributed by atoms with Gasteiger partial charge < -0.3 is 10.1 Å². The molecular weight excluding hydrogens is 368 g/mol. The first-order valence-corrected chi connectivity index (χ1v) is 9.96. The van der Waals surface area contributed by atoms with Gasteiger partial charge in [0.2, 0.25) is 0 Å². The maximum atomic E-state index is 5.23. The van der Waals surface area contributed by atoms with E-state index in [0.29, 0.717) is 0 Å². The maximum Gasteiger partial charge on any atom is 0.123 e. The molecule has 1 N–H and O–H groups in total. The molecule has 2 aliphatic heterocycles. The van der Waals surface area contributed by atoms with Crippen molar-refractivity contribution in [1.29, 1.82) is 0 Å². The van der Waals surface area contributed by atoms with Crippen LogP contribution in [0.3, 0.4) is 0 Å². The van der Waals surface area contributed by atoms with Gasteiger partial charge in [-0.2, -0.15) is 0 Å². The number of rotatable bonds is 5. The molecule has 3 heterocycles. The second kappa shape index (κ2) is 9.15. The highest BCUT2D eigenvalue weighted by atomic mass is 35.5. The average molecular weight is 395 g/mol. The number of nitrogens with one attached hydrogen (secondary N) is 1. The van der Waals surface area contributed by atoms with E-state index in [9.17, 15) is 0 Å². The fourth-order valence-electron chi connectivity index (χ4n) is 3.78. The van der Waals surface area contributed by atoms with Crippen molar-refractivity contribution in [3.63, 3.8) is 0 Å². The molecule has 0 saturated carbocycles. The van der Waals surface area contributed by atoms with Gasteiger partial charge in [0, 0.05) is 62.8 Å². The van der Waals surface area contributed by atoms with Crippen molar-refractivity contribution in [2.24, 2.45) is 0 Å². The molecule has 0 radical (unpaired) electrons. The van der Waals surface area contributed by atoms with Crippen LogP contribution >= 0.6 is 23.7 Å². The summed E-state index contributed by atoms with van der Waals surface area (Å²) in [5.41, 5.74) is 2.36. The molecule has 2 saturated heterocycles. The number of likely N-dealkylation sites (tertiary alicyclic amines) is 1. The number of hydrogen-bond donors (Lipinski definition) is 1. The Kier molecular flexibility index (Phi) is 6.89. The largest absolute Gasteiger partial charge is 0.497 e. The van der Waals surface area contributed by atoms with E-state index in [1.165, 1.54) is 38.3 Å². The first-order valence-electron chi connectivity index (χ1n) is 9.08. The lowest BCUT2D eigenvalue weighted by Gasteiger charge is -2.32. The summed E-state index contributed by atoms with van der Waals surface area (Å²) in [5, 5.41) is 6.74. The molecule has 0 aliphatic carbocycles. The summed E-state index contributed by atoms with van der Waals surface area (Å²) in [7, 11) is 1.69. The van der Waals surface area contributed by atoms with Gasteiger partial charge in [-0.25, -0.2) is 4.98 Å². The molecule has 26 heavy (non-hydrogen) atoms. The lowest BCUT2D eigenvalue weighted by molar-refractivity contribution is 0.170. The van der Waals surface area contributed by atoms with Gasteiger partial charge >= 0.3 is 0 Å². The minimum absolute atomic E-state index is 0. The Bertz CT molecular complexity index is 687. The number of nitrogens with zero attached hydrogens (tertiary/aromatic N) is 3. The molecule has 142 valence electrons. The summed E-state index contributed by atoms with van der Waals surface area (Å²) in [4.78, 5) is 10.1. The molecule has 1 atom stereocenters. The molecular formula is C19H27ClN4OS. The van der Waals surface area contributed by atoms with Gasteiger partial charge in [-0.3, -0.25) is 9.80 Å². The molecule has 2 fully saturated rings. The zero-order chi connectivity index (χ0) is 17.1. The van der Waals surface area contributed by atoms with E-state index in [1.54, 1.807) is 18.4 Å². The van der Waals surface area contributed by atoms with Gasteiger partial charge in [-0.1, -0.05) is 0 Å². The number of piperazine rings is 1. The Hall–Kier alpha value is -1.18. The number of hydrogen-bond acceptors (Lipinski definition) is 6. The Morgan fingerprint density at radius 1 is 1.19 bits per heavy atom. The first kappa shape index (κ1) is 19.6. The van der Waals surface area contributed by atoms with Gasteiger partial charge in [0.15, 0.2) is 0 Å². The van der Waals surface area contributed by atoms with E-state index in [-0.39, 0.29) is 12.4 Å². The number of benzene rings is 1. The van der Waals surface area contributed by atoms with E-state index in [1.807, 2.05) is 12.1 Å². The summed E-state index contributed by atoms with van der Waals surface area (Å²) < 4.78 is 5.23. The van der Waals surface area contributed by atoms with Crippen LogP contribution in [0.1, 0.15) is 12.1 Å². The average Bonchev–Trinajstić information content (AvgIpc) is 3.33. The lowest BCUT2D eigenvalue weighted by atomic mass is 10.2. The Morgan fingerprint density at radius 2 is 1.96 bits per heavy atom. The fourth-order valence-corrected chi connectivity index (χ4v) is 4.59. The Balaban J connectivity index is 0.00000196. The SMILES string of the molecule is COc1ccc(-c2nc(CN3CCC(N4CCNCC4)C3)cs2)cc1.Cl. The topological polar surface area (TPSA) is 40.6 Å². The second-order valence-electron chi connectivity index (χ2n) is 6.84. The number of thiazole rings is 1. The zero-order valence-electron chi connectivity index (χ0n) is 15.2. The predicted molar refractivity (Wildman–Crippen MR) is 109 cm³/mol. The highest BCUT2D eigenvalue weighted by Crippen LogP contribution is 2.27. The number of methoxy groups -OCH3 is 1. The van der Waals surface area contributed by atoms with E-state index in [2.05, 4.69) is 32.6 Å². The molecule has 2 aliphatic rings. The van der Waals surface area contributed by atoms with E-state index >= 15 is 0 Å². The maximum absolute atomic E-state index is 5.23. The van der Waals surface area contributed by atoms with Gasteiger partial charge in [0.25, 0.3) is 0 Å². The van der Waals surface area contributed by atoms with Crippen molar-refractivity contribution in [2.45, 2.75) is 19.0 Å². The summed E-state index contributed by atoms with van der Waals surface area (Å²) in [5.74, 6) is 0.886. The van der Waals surface area contributed by atoms with E-state index in [4.69, 9.17) is 9.72 Å². The molecule has 1 aromatic heterocycles. The van der Waals surface area contributed by atoms with Crippen LogP contribution < -0.4 is 10.1 Å². The minimum Gasteiger partial charge on any atom is -0.497 e. The van der Waals surface area contributed by atoms with Gasteiger partial charge in [-0.05, 0) is 30.7 Å². The number of aromatic nitrogens is 1. The minimum atomic E-state index is 0. The summed E-state index contributed by atoms with van der Waals surface area (Å²) in [6.45, 7) is 7.98. The third-order valence-corrected chi connectivity index (χ3v) is 6.13. The van der Waals surface area contributed by atoms with Crippen molar-refractivity contribution in [3.8, 4) is 16.3 Å². The standard InChI is InChI=1S/C19H26N4OS.ClH/c1-24-18-4-2-15(3-5-18)19-21-16(14-25-19)12-22-9-6-17(13-22)23-10-7-20-8-11-23;/h2-5,14,17,20H,6-13H2,1H3;1H. The first-order chi connectivity index (χ1) is 12.3. The molecule has 1 aromatic carbocycles. The van der Waals surface area contributed by atoms with Crippen LogP contribution in [0.4, 0.5) is 0 Å². The highest BCUT2D eigenvalue weighted by molar-refractivity contribution is 7.13. The molecule has 1 unspecified atom stereocenters. The quantitative estimate of drug-likeness (QED) is 0.844. The Morgan fingerprint density at radius 3 is 2.69 bits per heavy atom. The number of ether oxygens (including phenoxy) is 1. The van der Waals surface area contributed by atoms with Gasteiger partial charge in [0.05, 0.1) is 12.8 Å². The summed E-state index contributed by atoms with van der Waals surface area (Å²) in [6, 6.07) is 8.88. The third-order valence-electron chi connectivity index (χ3n) is 5.19. The van der Waals surface area contributed by atoms with Crippen molar-refractivity contribution < 1.29 is 4.74 Å². The number of halogens is 1. The fraction of sp³-hybridized carbons (Fsp3) is 0.526. The van der Waals surface area contributed by atoms with Crippen molar-refractivity contribution in [2.75, 3.05) is 46.4 Å². The van der Waals surface area contributed by atoms with Crippen LogP contribution in [0.5, 0.6) is 5.75 Å². The van der Waals surface area contributed by atoms with Crippen molar-refractivity contribution in [3.05, 3.63) is 35.3 Å². The molecule has 7 heteroatoms. The normalized spacial score (nSPS) is 21.5. The Labute approximate surface area is 165 Å². The smallest absolute Gasteiger partial charge is 0.123 e. The van der Waals surface area contributed by atoms with Crippen LogP contribution in [0.2, 0.25) is 0 Å². The van der Waals surface area contributed by atoms with E-state index in [0.717, 1.165) is 42.0 Å². The molecule has 5 nitrogen and oxygen atoms in total. The van der Waals surface area contributed by atoms with Crippen LogP contribution in [0.15, 0.2) is 29.6 Å². The predicted octanol–water partition coefficient (Wildman–Crippen LogP) is 2.72. The zero-order valence-corrected chi connectivity index (χ0v) is 16.8. The summed E-state index contributed by atoms with van der Waals surface area (Å²) >= 11 is 1.73. The second-order valence-corrected chi connectivity index (χ2v) is 7.69. The van der Waals surface area contributed by atoms with Crippen LogP contribution in [-0.4, -0.2) is 67.2 Å². The van der Waals surface area contributed by atoms with E-state index < -0.39 is 0 Å². The molecule has 0 spiro atoms. The summed E-state index contributed by atoms with van der Waals surface area (Å²) in [6.07, 6.45) is 1.29. The lowest BCUT2D eigenvalue weighted by Crippen LogP contribution is -2.49. The monoisotopic (exact) mass is 394 g/mol. The molecule has 0 amide bonds. The van der Waals surface area contributed by atoms with Crippen LogP contribution in [-0.2, 0) is 6.54 Å². The van der Waals surface area contributed by atoms with Crippen molar-refractivity contribution >= 4 is 23.7 Å². The van der Waals surface area contributed by atoms with Gasteiger partial charge in [0.1, 0.15) is 10.8 Å². The van der Waals surface area contributed by atoms with Crippen molar-refractivity contribution in [1.82, 2.24) is 20.1 Å². The van der Waals surface area contributed by atoms with Gasteiger partial charge in [-0.15, -0.1) is 23.7 Å². The molecule has 0 bridgehead atoms.